The second kappa shape index (κ2) is 9.06. The Labute approximate surface area is 115 Å². The molecule has 110 valence electrons. The highest BCUT2D eigenvalue weighted by atomic mass is 32.2. The first-order valence-electron chi connectivity index (χ1n) is 6.79. The van der Waals surface area contributed by atoms with Gasteiger partial charge >= 0.3 is 0 Å². The van der Waals surface area contributed by atoms with Crippen molar-refractivity contribution in [1.29, 1.82) is 0 Å². The van der Waals surface area contributed by atoms with Crippen molar-refractivity contribution in [2.75, 3.05) is 25.4 Å². The Hall–Kier alpha value is -0.920. The lowest BCUT2D eigenvalue weighted by atomic mass is 10.3. The fraction of sp³-hybridized carbons (Fsp3) is 0.750. The van der Waals surface area contributed by atoms with E-state index < -0.39 is 10.0 Å². The molecule has 0 aliphatic rings. The summed E-state index contributed by atoms with van der Waals surface area (Å²) in [4.78, 5) is 0. The van der Waals surface area contributed by atoms with Crippen molar-refractivity contribution in [3.63, 3.8) is 0 Å². The zero-order chi connectivity index (χ0) is 14.0. The maximum atomic E-state index is 11.7. The van der Waals surface area contributed by atoms with Gasteiger partial charge in [0.15, 0.2) is 0 Å². The van der Waals surface area contributed by atoms with Crippen LogP contribution in [0.4, 0.5) is 0 Å². The van der Waals surface area contributed by atoms with Crippen molar-refractivity contribution in [3.8, 4) is 0 Å². The smallest absolute Gasteiger partial charge is 0.211 e. The normalized spacial score (nSPS) is 11.8. The second-order valence-corrected chi connectivity index (χ2v) is 6.32. The Morgan fingerprint density at radius 2 is 2.05 bits per heavy atom. The van der Waals surface area contributed by atoms with E-state index in [0.717, 1.165) is 32.5 Å². The van der Waals surface area contributed by atoms with Gasteiger partial charge in [0.2, 0.25) is 10.0 Å². The third-order valence-corrected chi connectivity index (χ3v) is 4.18. The Balaban J connectivity index is 2.06. The van der Waals surface area contributed by atoms with E-state index in [9.17, 15) is 8.42 Å². The van der Waals surface area contributed by atoms with Gasteiger partial charge in [-0.2, -0.15) is 5.10 Å². The van der Waals surface area contributed by atoms with Gasteiger partial charge in [0.1, 0.15) is 0 Å². The predicted molar refractivity (Wildman–Crippen MR) is 76.4 cm³/mol. The first-order chi connectivity index (χ1) is 9.14. The van der Waals surface area contributed by atoms with Crippen LogP contribution in [-0.2, 0) is 16.6 Å². The van der Waals surface area contributed by atoms with Crippen LogP contribution in [0.15, 0.2) is 18.5 Å². The van der Waals surface area contributed by atoms with Gasteiger partial charge in [0, 0.05) is 25.5 Å². The molecule has 2 N–H and O–H groups in total. The van der Waals surface area contributed by atoms with Gasteiger partial charge in [-0.3, -0.25) is 4.68 Å². The third kappa shape index (κ3) is 7.97. The molecular formula is C12H24N4O2S. The molecule has 7 heteroatoms. The van der Waals surface area contributed by atoms with Gasteiger partial charge in [-0.25, -0.2) is 13.1 Å². The second-order valence-electron chi connectivity index (χ2n) is 4.40. The summed E-state index contributed by atoms with van der Waals surface area (Å²) in [6, 6.07) is 1.86. The molecule has 1 aromatic rings. The summed E-state index contributed by atoms with van der Waals surface area (Å²) in [5.41, 5.74) is 0. The minimum Gasteiger partial charge on any atom is -0.317 e. The Bertz CT molecular complexity index is 417. The number of nitrogens with one attached hydrogen (secondary N) is 2. The summed E-state index contributed by atoms with van der Waals surface area (Å²) in [5, 5.41) is 7.24. The quantitative estimate of drug-likeness (QED) is 0.584. The zero-order valence-corrected chi connectivity index (χ0v) is 12.3. The Kier molecular flexibility index (Phi) is 7.69. The molecule has 1 heterocycles. The van der Waals surface area contributed by atoms with Gasteiger partial charge < -0.3 is 5.32 Å². The first-order valence-corrected chi connectivity index (χ1v) is 8.45. The summed E-state index contributed by atoms with van der Waals surface area (Å²) in [6.07, 6.45) is 5.92. The molecule has 0 amide bonds. The molecule has 0 bridgehead atoms. The lowest BCUT2D eigenvalue weighted by molar-refractivity contribution is 0.550. The largest absolute Gasteiger partial charge is 0.317 e. The third-order valence-electron chi connectivity index (χ3n) is 2.71. The molecule has 0 fully saturated rings. The summed E-state index contributed by atoms with van der Waals surface area (Å²) >= 11 is 0. The van der Waals surface area contributed by atoms with Crippen LogP contribution in [0.1, 0.15) is 26.2 Å². The van der Waals surface area contributed by atoms with Crippen LogP contribution in [0.25, 0.3) is 0 Å². The number of sulfonamides is 1. The molecule has 0 saturated heterocycles. The van der Waals surface area contributed by atoms with Crippen molar-refractivity contribution in [3.05, 3.63) is 18.5 Å². The summed E-state index contributed by atoms with van der Waals surface area (Å²) in [7, 11) is -3.12. The van der Waals surface area contributed by atoms with E-state index in [1.165, 1.54) is 0 Å². The van der Waals surface area contributed by atoms with Crippen LogP contribution in [-0.4, -0.2) is 43.6 Å². The van der Waals surface area contributed by atoms with Crippen LogP contribution in [0, 0.1) is 0 Å². The van der Waals surface area contributed by atoms with Crippen molar-refractivity contribution in [1.82, 2.24) is 19.8 Å². The van der Waals surface area contributed by atoms with Crippen LogP contribution < -0.4 is 10.0 Å². The molecule has 1 rings (SSSR count). The first kappa shape index (κ1) is 16.1. The van der Waals surface area contributed by atoms with E-state index in [-0.39, 0.29) is 5.75 Å². The van der Waals surface area contributed by atoms with Gasteiger partial charge in [0.25, 0.3) is 0 Å². The molecular weight excluding hydrogens is 264 g/mol. The van der Waals surface area contributed by atoms with Gasteiger partial charge in [-0.1, -0.05) is 6.92 Å². The van der Waals surface area contributed by atoms with Crippen LogP contribution >= 0.6 is 0 Å². The monoisotopic (exact) mass is 288 g/mol. The van der Waals surface area contributed by atoms with Gasteiger partial charge in [-0.15, -0.1) is 0 Å². The summed E-state index contributed by atoms with van der Waals surface area (Å²) in [5.74, 6) is 0.208. The maximum absolute atomic E-state index is 11.7. The zero-order valence-electron chi connectivity index (χ0n) is 11.5. The average molecular weight is 288 g/mol. The highest BCUT2D eigenvalue weighted by Crippen LogP contribution is 1.95. The number of hydrogen-bond acceptors (Lipinski definition) is 4. The van der Waals surface area contributed by atoms with Crippen LogP contribution in [0.3, 0.4) is 0 Å². The van der Waals surface area contributed by atoms with Gasteiger partial charge in [0.05, 0.1) is 5.75 Å². The predicted octanol–water partition coefficient (Wildman–Crippen LogP) is 0.582. The number of aryl methyl sites for hydroxylation is 1. The topological polar surface area (TPSA) is 76.0 Å². The number of aromatic nitrogens is 2. The number of rotatable bonds is 11. The molecule has 1 aromatic heterocycles. The molecule has 0 aromatic carbocycles. The molecule has 0 aliphatic heterocycles. The maximum Gasteiger partial charge on any atom is 0.211 e. The van der Waals surface area contributed by atoms with Gasteiger partial charge in [-0.05, 0) is 38.4 Å². The Morgan fingerprint density at radius 3 is 2.74 bits per heavy atom. The van der Waals surface area contributed by atoms with Crippen LogP contribution in [0.5, 0.6) is 0 Å². The SMILES string of the molecule is CCNCCCCS(=O)(=O)NCCCn1cccn1. The van der Waals surface area contributed by atoms with Crippen molar-refractivity contribution >= 4 is 10.0 Å². The molecule has 0 saturated carbocycles. The molecule has 0 atom stereocenters. The van der Waals surface area contributed by atoms with Crippen molar-refractivity contribution in [2.24, 2.45) is 0 Å². The molecule has 6 nitrogen and oxygen atoms in total. The van der Waals surface area contributed by atoms with E-state index in [1.807, 2.05) is 19.2 Å². The fourth-order valence-corrected chi connectivity index (χ4v) is 2.88. The fourth-order valence-electron chi connectivity index (χ4n) is 1.69. The summed E-state index contributed by atoms with van der Waals surface area (Å²) in [6.45, 7) is 5.05. The van der Waals surface area contributed by atoms with E-state index in [0.29, 0.717) is 13.0 Å². The van der Waals surface area contributed by atoms with E-state index in [4.69, 9.17) is 0 Å². The highest BCUT2D eigenvalue weighted by Gasteiger charge is 2.08. The highest BCUT2D eigenvalue weighted by molar-refractivity contribution is 7.89. The molecule has 0 radical (unpaired) electrons. The Morgan fingerprint density at radius 1 is 1.21 bits per heavy atom. The molecule has 0 spiro atoms. The van der Waals surface area contributed by atoms with E-state index in [1.54, 1.807) is 10.9 Å². The lowest BCUT2D eigenvalue weighted by Crippen LogP contribution is -2.28. The lowest BCUT2D eigenvalue weighted by Gasteiger charge is -2.07. The number of nitrogens with zero attached hydrogens (tertiary/aromatic N) is 2. The van der Waals surface area contributed by atoms with Crippen molar-refractivity contribution < 1.29 is 8.42 Å². The average Bonchev–Trinajstić information content (AvgIpc) is 2.87. The standard InChI is InChI=1S/C12H24N4O2S/c1-2-13-7-3-4-12-19(17,18)15-9-6-11-16-10-5-8-14-16/h5,8,10,13,15H,2-4,6-7,9,11-12H2,1H3. The summed E-state index contributed by atoms with van der Waals surface area (Å²) < 4.78 is 27.8. The molecule has 0 aliphatic carbocycles. The van der Waals surface area contributed by atoms with Crippen molar-refractivity contribution in [2.45, 2.75) is 32.7 Å². The minimum absolute atomic E-state index is 0.208. The molecule has 19 heavy (non-hydrogen) atoms. The number of hydrogen-bond donors (Lipinski definition) is 2. The number of unbranched alkanes of at least 4 members (excludes halogenated alkanes) is 1. The van der Waals surface area contributed by atoms with E-state index in [2.05, 4.69) is 15.1 Å². The minimum atomic E-state index is -3.12. The molecule has 0 unspecified atom stereocenters. The van der Waals surface area contributed by atoms with E-state index >= 15 is 0 Å². The van der Waals surface area contributed by atoms with Crippen LogP contribution in [0.2, 0.25) is 0 Å².